The highest BCUT2D eigenvalue weighted by molar-refractivity contribution is 7.80. The third-order valence-electron chi connectivity index (χ3n) is 3.55. The summed E-state index contributed by atoms with van der Waals surface area (Å²) < 4.78 is 5.87. The molecule has 1 heterocycles. The molecule has 1 aromatic rings. The first-order chi connectivity index (χ1) is 9.65. The average Bonchev–Trinajstić information content (AvgIpc) is 2.44. The van der Waals surface area contributed by atoms with Crippen molar-refractivity contribution in [3.05, 3.63) is 23.4 Å². The molecule has 1 aromatic heterocycles. The highest BCUT2D eigenvalue weighted by Crippen LogP contribution is 2.20. The molecule has 4 nitrogen and oxygen atoms in total. The van der Waals surface area contributed by atoms with E-state index < -0.39 is 0 Å². The van der Waals surface area contributed by atoms with E-state index in [2.05, 4.69) is 10.3 Å². The molecule has 3 N–H and O–H groups in total. The largest absolute Gasteiger partial charge is 0.389 e. The molecule has 0 unspecified atom stereocenters. The van der Waals surface area contributed by atoms with Gasteiger partial charge in [0.15, 0.2) is 0 Å². The molecule has 0 aromatic carbocycles. The van der Waals surface area contributed by atoms with Gasteiger partial charge in [0.2, 0.25) is 0 Å². The molecule has 5 heteroatoms. The van der Waals surface area contributed by atoms with E-state index in [4.69, 9.17) is 22.7 Å². The summed E-state index contributed by atoms with van der Waals surface area (Å²) in [6.45, 7) is 3.40. The van der Waals surface area contributed by atoms with Crippen LogP contribution in [0.4, 0.5) is 5.82 Å². The lowest BCUT2D eigenvalue weighted by atomic mass is 9.98. The van der Waals surface area contributed by atoms with Gasteiger partial charge in [-0.2, -0.15) is 0 Å². The van der Waals surface area contributed by atoms with Crippen LogP contribution in [0, 0.1) is 6.92 Å². The molecule has 20 heavy (non-hydrogen) atoms. The van der Waals surface area contributed by atoms with Crippen molar-refractivity contribution >= 4 is 23.0 Å². The molecule has 2 rings (SSSR count). The number of nitrogens with two attached hydrogens (primary N) is 1. The topological polar surface area (TPSA) is 60.2 Å². The molecule has 0 atom stereocenters. The van der Waals surface area contributed by atoms with E-state index in [-0.39, 0.29) is 0 Å². The molecule has 110 valence electrons. The average molecular weight is 293 g/mol. The van der Waals surface area contributed by atoms with Crippen LogP contribution < -0.4 is 11.1 Å². The third-order valence-corrected chi connectivity index (χ3v) is 3.79. The lowest BCUT2D eigenvalue weighted by Crippen LogP contribution is -2.21. The van der Waals surface area contributed by atoms with Crippen molar-refractivity contribution in [3.63, 3.8) is 0 Å². The minimum Gasteiger partial charge on any atom is -0.389 e. The minimum atomic E-state index is 0.400. The molecule has 0 saturated heterocycles. The number of anilines is 1. The fourth-order valence-electron chi connectivity index (χ4n) is 2.54. The molecular formula is C15H23N3OS. The Morgan fingerprint density at radius 1 is 1.40 bits per heavy atom. The smallest absolute Gasteiger partial charge is 0.126 e. The van der Waals surface area contributed by atoms with E-state index >= 15 is 0 Å². The molecule has 0 aliphatic heterocycles. The maximum absolute atomic E-state index is 5.87. The number of ether oxygens (including phenoxy) is 1. The van der Waals surface area contributed by atoms with Crippen molar-refractivity contribution < 1.29 is 4.74 Å². The number of aryl methyl sites for hydroxylation is 1. The third kappa shape index (κ3) is 4.72. The van der Waals surface area contributed by atoms with Gasteiger partial charge < -0.3 is 15.8 Å². The van der Waals surface area contributed by atoms with Crippen LogP contribution in [0.3, 0.4) is 0 Å². The second-order valence-electron chi connectivity index (χ2n) is 5.30. The molecule has 0 radical (unpaired) electrons. The number of pyridine rings is 1. The Morgan fingerprint density at radius 2 is 2.15 bits per heavy atom. The van der Waals surface area contributed by atoms with E-state index in [0.29, 0.717) is 17.7 Å². The molecule has 1 saturated carbocycles. The molecule has 0 amide bonds. The van der Waals surface area contributed by atoms with Crippen molar-refractivity contribution in [2.24, 2.45) is 5.73 Å². The first-order valence-corrected chi connectivity index (χ1v) is 7.70. The van der Waals surface area contributed by atoms with Crippen molar-refractivity contribution in [1.82, 2.24) is 4.98 Å². The Hall–Kier alpha value is -1.20. The van der Waals surface area contributed by atoms with Gasteiger partial charge in [0.05, 0.1) is 12.7 Å². The second kappa shape index (κ2) is 7.55. The van der Waals surface area contributed by atoms with Crippen LogP contribution in [0.5, 0.6) is 0 Å². The zero-order valence-electron chi connectivity index (χ0n) is 12.0. The standard InChI is InChI=1S/C15H23N3OS/c1-11-9-12(15(16)20)10-14(18-11)17-7-8-19-13-5-3-2-4-6-13/h9-10,13H,2-8H2,1H3,(H2,16,20)(H,17,18). The van der Waals surface area contributed by atoms with Crippen LogP contribution in [-0.2, 0) is 4.74 Å². The second-order valence-corrected chi connectivity index (χ2v) is 5.74. The summed E-state index contributed by atoms with van der Waals surface area (Å²) in [7, 11) is 0. The molecular weight excluding hydrogens is 270 g/mol. The van der Waals surface area contributed by atoms with Crippen LogP contribution in [-0.4, -0.2) is 29.2 Å². The van der Waals surface area contributed by atoms with E-state index in [0.717, 1.165) is 23.6 Å². The van der Waals surface area contributed by atoms with Gasteiger partial charge in [-0.1, -0.05) is 31.5 Å². The van der Waals surface area contributed by atoms with Crippen LogP contribution in [0.15, 0.2) is 12.1 Å². The lowest BCUT2D eigenvalue weighted by Gasteiger charge is -2.22. The van der Waals surface area contributed by atoms with Crippen molar-refractivity contribution in [2.75, 3.05) is 18.5 Å². The maximum Gasteiger partial charge on any atom is 0.126 e. The highest BCUT2D eigenvalue weighted by atomic mass is 32.1. The van der Waals surface area contributed by atoms with Gasteiger partial charge in [0.25, 0.3) is 0 Å². The first-order valence-electron chi connectivity index (χ1n) is 7.29. The van der Waals surface area contributed by atoms with Gasteiger partial charge in [-0.3, -0.25) is 0 Å². The molecule has 0 spiro atoms. The summed E-state index contributed by atoms with van der Waals surface area (Å²) in [5.41, 5.74) is 7.41. The Morgan fingerprint density at radius 3 is 2.85 bits per heavy atom. The number of aromatic nitrogens is 1. The number of hydrogen-bond donors (Lipinski definition) is 2. The van der Waals surface area contributed by atoms with Gasteiger partial charge in [-0.15, -0.1) is 0 Å². The molecule has 1 fully saturated rings. The fourth-order valence-corrected chi connectivity index (χ4v) is 2.66. The number of nitrogens with zero attached hydrogens (tertiary/aromatic N) is 1. The first kappa shape index (κ1) is 15.2. The maximum atomic E-state index is 5.87. The van der Waals surface area contributed by atoms with Gasteiger partial charge >= 0.3 is 0 Å². The lowest BCUT2D eigenvalue weighted by molar-refractivity contribution is 0.0347. The van der Waals surface area contributed by atoms with Crippen LogP contribution in [0.1, 0.15) is 43.4 Å². The zero-order valence-corrected chi connectivity index (χ0v) is 12.8. The summed E-state index contributed by atoms with van der Waals surface area (Å²) in [5.74, 6) is 0.806. The number of nitrogens with one attached hydrogen (secondary N) is 1. The Bertz CT molecular complexity index is 458. The highest BCUT2D eigenvalue weighted by Gasteiger charge is 2.13. The summed E-state index contributed by atoms with van der Waals surface area (Å²) in [6.07, 6.45) is 6.81. The normalized spacial score (nSPS) is 16.1. The van der Waals surface area contributed by atoms with Crippen molar-refractivity contribution in [1.29, 1.82) is 0 Å². The van der Waals surface area contributed by atoms with Gasteiger partial charge in [0, 0.05) is 17.8 Å². The Labute approximate surface area is 126 Å². The predicted octanol–water partition coefficient (Wildman–Crippen LogP) is 2.79. The summed E-state index contributed by atoms with van der Waals surface area (Å²) >= 11 is 5.00. The summed E-state index contributed by atoms with van der Waals surface area (Å²) in [5, 5.41) is 3.27. The SMILES string of the molecule is Cc1cc(C(N)=S)cc(NCCOC2CCCCC2)n1. The van der Waals surface area contributed by atoms with E-state index in [1.807, 2.05) is 19.1 Å². The van der Waals surface area contributed by atoms with Crippen molar-refractivity contribution in [3.8, 4) is 0 Å². The monoisotopic (exact) mass is 293 g/mol. The quantitative estimate of drug-likeness (QED) is 0.624. The fraction of sp³-hybridized carbons (Fsp3) is 0.600. The van der Waals surface area contributed by atoms with Gasteiger partial charge in [0.1, 0.15) is 10.8 Å². The van der Waals surface area contributed by atoms with Crippen LogP contribution >= 0.6 is 12.2 Å². The minimum absolute atomic E-state index is 0.400. The molecule has 1 aliphatic carbocycles. The molecule has 0 bridgehead atoms. The van der Waals surface area contributed by atoms with E-state index in [1.165, 1.54) is 32.1 Å². The predicted molar refractivity (Wildman–Crippen MR) is 86.2 cm³/mol. The summed E-state index contributed by atoms with van der Waals surface area (Å²) in [6, 6.07) is 3.78. The van der Waals surface area contributed by atoms with Crippen LogP contribution in [0.2, 0.25) is 0 Å². The van der Waals surface area contributed by atoms with Gasteiger partial charge in [-0.25, -0.2) is 4.98 Å². The number of hydrogen-bond acceptors (Lipinski definition) is 4. The molecule has 1 aliphatic rings. The summed E-state index contributed by atoms with van der Waals surface area (Å²) in [4.78, 5) is 4.82. The Kier molecular flexibility index (Phi) is 5.73. The van der Waals surface area contributed by atoms with E-state index in [9.17, 15) is 0 Å². The van der Waals surface area contributed by atoms with Gasteiger partial charge in [-0.05, 0) is 31.9 Å². The van der Waals surface area contributed by atoms with E-state index in [1.54, 1.807) is 0 Å². The van der Waals surface area contributed by atoms with Crippen molar-refractivity contribution in [2.45, 2.75) is 45.1 Å². The Balaban J connectivity index is 1.77. The number of rotatable bonds is 6. The zero-order chi connectivity index (χ0) is 14.4. The number of thiocarbonyl (C=S) groups is 1. The van der Waals surface area contributed by atoms with Crippen LogP contribution in [0.25, 0.3) is 0 Å².